The summed E-state index contributed by atoms with van der Waals surface area (Å²) < 4.78 is 4.94. The van der Waals surface area contributed by atoms with Crippen LogP contribution in [0.5, 0.6) is 5.75 Å². The van der Waals surface area contributed by atoms with Crippen LogP contribution in [-0.4, -0.2) is 30.0 Å². The normalized spacial score (nSPS) is 19.9. The molecule has 1 aliphatic rings. The molecule has 1 aromatic rings. The van der Waals surface area contributed by atoms with Gasteiger partial charge >= 0.3 is 5.97 Å². The average molecular weight is 291 g/mol. The summed E-state index contributed by atoms with van der Waals surface area (Å²) in [6.45, 7) is 1.34. The predicted molar refractivity (Wildman–Crippen MR) is 76.2 cm³/mol. The van der Waals surface area contributed by atoms with Crippen molar-refractivity contribution in [3.63, 3.8) is 0 Å². The number of hydrogen-bond donors (Lipinski definition) is 1. The van der Waals surface area contributed by atoms with Gasteiger partial charge < -0.3 is 4.74 Å². The van der Waals surface area contributed by atoms with E-state index in [-0.39, 0.29) is 5.97 Å². The summed E-state index contributed by atoms with van der Waals surface area (Å²) in [5, 5.41) is 2.96. The van der Waals surface area contributed by atoms with Crippen molar-refractivity contribution in [3.8, 4) is 5.75 Å². The highest BCUT2D eigenvalue weighted by atomic mass is 32.2. The van der Waals surface area contributed by atoms with Gasteiger partial charge in [-0.25, -0.2) is 0 Å². The van der Waals surface area contributed by atoms with Crippen molar-refractivity contribution in [1.29, 1.82) is 0 Å². The third-order valence-electron chi connectivity index (χ3n) is 2.66. The first-order chi connectivity index (χ1) is 9.60. The number of Topliss-reactive ketones (excluding diaryl/α,β-unsaturated/α-hetero) is 1. The van der Waals surface area contributed by atoms with Gasteiger partial charge in [0.25, 0.3) is 0 Å². The summed E-state index contributed by atoms with van der Waals surface area (Å²) in [5.74, 6) is 0.222. The highest BCUT2D eigenvalue weighted by Crippen LogP contribution is 2.28. The van der Waals surface area contributed by atoms with Crippen molar-refractivity contribution < 1.29 is 19.1 Å². The lowest BCUT2D eigenvalue weighted by Crippen LogP contribution is -2.32. The Morgan fingerprint density at radius 1 is 1.35 bits per heavy atom. The molecule has 2 rings (SSSR count). The predicted octanol–water partition coefficient (Wildman–Crippen LogP) is 1.38. The molecule has 104 valence electrons. The first-order valence-electron chi connectivity index (χ1n) is 5.95. The molecule has 0 aliphatic carbocycles. The second-order valence-electron chi connectivity index (χ2n) is 4.16. The molecule has 1 saturated heterocycles. The van der Waals surface area contributed by atoms with Crippen LogP contribution in [0, 0.1) is 0 Å². The molecule has 0 amide bonds. The van der Waals surface area contributed by atoms with Crippen LogP contribution in [0.3, 0.4) is 0 Å². The second kappa shape index (κ2) is 6.49. The van der Waals surface area contributed by atoms with E-state index in [0.717, 1.165) is 10.5 Å². The van der Waals surface area contributed by atoms with Gasteiger partial charge in [-0.2, -0.15) is 0 Å². The lowest BCUT2D eigenvalue weighted by molar-refractivity contribution is -0.131. The van der Waals surface area contributed by atoms with E-state index in [9.17, 15) is 14.4 Å². The SMILES string of the molecule is CC(=O)Oc1ccc(C=C2SCNC2C(=O)C=O)cc1. The van der Waals surface area contributed by atoms with E-state index in [2.05, 4.69) is 5.32 Å². The topological polar surface area (TPSA) is 72.5 Å². The molecule has 5 nitrogen and oxygen atoms in total. The lowest BCUT2D eigenvalue weighted by Gasteiger charge is -2.06. The Labute approximate surface area is 120 Å². The molecular weight excluding hydrogens is 278 g/mol. The number of ketones is 1. The van der Waals surface area contributed by atoms with Crippen LogP contribution < -0.4 is 10.1 Å². The number of esters is 1. The van der Waals surface area contributed by atoms with Crippen molar-refractivity contribution in [2.45, 2.75) is 13.0 Å². The van der Waals surface area contributed by atoms with Gasteiger partial charge in [-0.15, -0.1) is 11.8 Å². The second-order valence-corrected chi connectivity index (χ2v) is 5.20. The molecular formula is C14H13NO4S. The number of carbonyl (C=O) groups excluding carboxylic acids is 3. The molecule has 0 radical (unpaired) electrons. The molecule has 0 spiro atoms. The molecule has 0 saturated carbocycles. The number of aldehydes is 1. The van der Waals surface area contributed by atoms with Crippen molar-refractivity contribution in [2.75, 3.05) is 5.88 Å². The van der Waals surface area contributed by atoms with Crippen LogP contribution in [0.2, 0.25) is 0 Å². The van der Waals surface area contributed by atoms with Crippen molar-refractivity contribution >= 4 is 35.9 Å². The monoisotopic (exact) mass is 291 g/mol. The van der Waals surface area contributed by atoms with E-state index in [1.54, 1.807) is 24.3 Å². The smallest absolute Gasteiger partial charge is 0.308 e. The zero-order chi connectivity index (χ0) is 14.5. The molecule has 20 heavy (non-hydrogen) atoms. The maximum absolute atomic E-state index is 11.4. The van der Waals surface area contributed by atoms with Gasteiger partial charge in [-0.1, -0.05) is 12.1 Å². The third kappa shape index (κ3) is 3.55. The van der Waals surface area contributed by atoms with E-state index in [4.69, 9.17) is 4.74 Å². The number of ether oxygens (including phenoxy) is 1. The number of rotatable bonds is 4. The molecule has 1 aliphatic heterocycles. The van der Waals surface area contributed by atoms with Crippen molar-refractivity contribution in [2.24, 2.45) is 0 Å². The van der Waals surface area contributed by atoms with Crippen molar-refractivity contribution in [1.82, 2.24) is 5.32 Å². The maximum atomic E-state index is 11.4. The Morgan fingerprint density at radius 3 is 2.65 bits per heavy atom. The van der Waals surface area contributed by atoms with Gasteiger partial charge in [-0.05, 0) is 23.8 Å². The van der Waals surface area contributed by atoms with Gasteiger partial charge in [-0.3, -0.25) is 19.7 Å². The number of thioether (sulfide) groups is 1. The first kappa shape index (κ1) is 14.5. The molecule has 1 N–H and O–H groups in total. The quantitative estimate of drug-likeness (QED) is 0.391. The van der Waals surface area contributed by atoms with Crippen LogP contribution >= 0.6 is 11.8 Å². The highest BCUT2D eigenvalue weighted by molar-refractivity contribution is 8.03. The third-order valence-corrected chi connectivity index (χ3v) is 3.66. The van der Waals surface area contributed by atoms with Crippen LogP contribution in [0.4, 0.5) is 0 Å². The van der Waals surface area contributed by atoms with Gasteiger partial charge in [0, 0.05) is 17.7 Å². The number of nitrogens with one attached hydrogen (secondary N) is 1. The molecule has 0 bridgehead atoms. The molecule has 6 heteroatoms. The number of benzene rings is 1. The average Bonchev–Trinajstić information content (AvgIpc) is 2.87. The van der Waals surface area contributed by atoms with Crippen LogP contribution in [-0.2, 0) is 14.4 Å². The van der Waals surface area contributed by atoms with Crippen LogP contribution in [0.1, 0.15) is 12.5 Å². The summed E-state index contributed by atoms with van der Waals surface area (Å²) in [7, 11) is 0. The summed E-state index contributed by atoms with van der Waals surface area (Å²) >= 11 is 1.49. The minimum Gasteiger partial charge on any atom is -0.427 e. The Bertz CT molecular complexity index is 565. The van der Waals surface area contributed by atoms with Gasteiger partial charge in [0.2, 0.25) is 5.78 Å². The Kier molecular flexibility index (Phi) is 4.70. The molecule has 1 unspecified atom stereocenters. The number of carbonyl (C=O) groups is 3. The summed E-state index contributed by atoms with van der Waals surface area (Å²) in [6.07, 6.45) is 2.18. The zero-order valence-corrected chi connectivity index (χ0v) is 11.6. The molecule has 0 aromatic heterocycles. The summed E-state index contributed by atoms with van der Waals surface area (Å²) in [4.78, 5) is 33.6. The minimum absolute atomic E-state index is 0.335. The lowest BCUT2D eigenvalue weighted by atomic mass is 10.1. The maximum Gasteiger partial charge on any atom is 0.308 e. The van der Waals surface area contributed by atoms with Gasteiger partial charge in [0.1, 0.15) is 11.8 Å². The Morgan fingerprint density at radius 2 is 2.05 bits per heavy atom. The van der Waals surface area contributed by atoms with Gasteiger partial charge in [0.05, 0.1) is 0 Å². The fourth-order valence-electron chi connectivity index (χ4n) is 1.79. The van der Waals surface area contributed by atoms with Crippen molar-refractivity contribution in [3.05, 3.63) is 34.7 Å². The van der Waals surface area contributed by atoms with Crippen LogP contribution in [0.15, 0.2) is 29.2 Å². The Hall–Kier alpha value is -1.92. The molecule has 1 atom stereocenters. The van der Waals surface area contributed by atoms with Crippen LogP contribution in [0.25, 0.3) is 6.08 Å². The van der Waals surface area contributed by atoms with E-state index in [1.165, 1.54) is 18.7 Å². The van der Waals surface area contributed by atoms with E-state index < -0.39 is 11.8 Å². The largest absolute Gasteiger partial charge is 0.427 e. The summed E-state index contributed by atoms with van der Waals surface area (Å²) in [6, 6.07) is 6.37. The van der Waals surface area contributed by atoms with Gasteiger partial charge in [0.15, 0.2) is 6.29 Å². The number of hydrogen-bond acceptors (Lipinski definition) is 6. The Balaban J connectivity index is 2.15. The van der Waals surface area contributed by atoms with E-state index in [1.807, 2.05) is 6.08 Å². The standard InChI is InChI=1S/C14H13NO4S/c1-9(17)19-11-4-2-10(3-5-11)6-13-14(12(18)7-16)15-8-20-13/h2-7,14-15H,8H2,1H3. The highest BCUT2D eigenvalue weighted by Gasteiger charge is 2.27. The molecule has 1 heterocycles. The zero-order valence-electron chi connectivity index (χ0n) is 10.8. The fraction of sp³-hybridized carbons (Fsp3) is 0.214. The minimum atomic E-state index is -0.550. The van der Waals surface area contributed by atoms with E-state index >= 15 is 0 Å². The fourth-order valence-corrected chi connectivity index (χ4v) is 2.79. The first-order valence-corrected chi connectivity index (χ1v) is 6.94. The molecule has 1 aromatic carbocycles. The molecule has 1 fully saturated rings. The summed E-state index contributed by atoms with van der Waals surface area (Å²) in [5.41, 5.74) is 0.871. The van der Waals surface area contributed by atoms with E-state index in [0.29, 0.717) is 17.9 Å².